The van der Waals surface area contributed by atoms with Crippen molar-refractivity contribution >= 4 is 0 Å². The Bertz CT molecular complexity index is 230. The lowest BCUT2D eigenvalue weighted by atomic mass is 9.75. The summed E-state index contributed by atoms with van der Waals surface area (Å²) >= 11 is 0. The van der Waals surface area contributed by atoms with Gasteiger partial charge in [0.15, 0.2) is 0 Å². The lowest BCUT2D eigenvalue weighted by Crippen LogP contribution is -2.39. The molecule has 2 fully saturated rings. The first-order chi connectivity index (χ1) is 9.29. The van der Waals surface area contributed by atoms with Crippen molar-refractivity contribution in [3.05, 3.63) is 0 Å². The summed E-state index contributed by atoms with van der Waals surface area (Å²) < 4.78 is 0. The van der Waals surface area contributed by atoms with E-state index in [2.05, 4.69) is 19.2 Å². The van der Waals surface area contributed by atoms with Gasteiger partial charge in [-0.25, -0.2) is 0 Å². The van der Waals surface area contributed by atoms with Crippen LogP contribution < -0.4 is 5.32 Å². The lowest BCUT2D eigenvalue weighted by molar-refractivity contribution is 0.195. The Hall–Kier alpha value is -0.0400. The summed E-state index contributed by atoms with van der Waals surface area (Å²) in [5, 5.41) is 3.84. The van der Waals surface area contributed by atoms with E-state index in [4.69, 9.17) is 0 Å². The molecule has 2 saturated carbocycles. The molecule has 0 radical (unpaired) electrons. The average Bonchev–Trinajstić information content (AvgIpc) is 2.67. The van der Waals surface area contributed by atoms with Crippen molar-refractivity contribution in [2.24, 2.45) is 17.8 Å². The minimum atomic E-state index is 0.816. The zero-order chi connectivity index (χ0) is 13.5. The van der Waals surface area contributed by atoms with Crippen molar-refractivity contribution in [2.45, 2.75) is 90.5 Å². The molecule has 0 aromatic heterocycles. The molecule has 2 rings (SSSR count). The highest BCUT2D eigenvalue weighted by Gasteiger charge is 2.28. The highest BCUT2D eigenvalue weighted by molar-refractivity contribution is 4.83. The Labute approximate surface area is 120 Å². The maximum absolute atomic E-state index is 3.84. The second-order valence-electron chi connectivity index (χ2n) is 7.29. The molecule has 0 spiro atoms. The molecule has 0 aromatic carbocycles. The van der Waals surface area contributed by atoms with E-state index in [1.165, 1.54) is 70.6 Å². The minimum absolute atomic E-state index is 0.816. The Balaban J connectivity index is 1.86. The molecule has 0 aliphatic heterocycles. The zero-order valence-corrected chi connectivity index (χ0v) is 13.3. The third-order valence-electron chi connectivity index (χ3n) is 5.57. The number of nitrogens with one attached hydrogen (secondary N) is 1. The van der Waals surface area contributed by atoms with Gasteiger partial charge in [0, 0.05) is 6.04 Å². The lowest BCUT2D eigenvalue weighted by Gasteiger charge is -2.35. The van der Waals surface area contributed by atoms with Gasteiger partial charge in [-0.15, -0.1) is 0 Å². The van der Waals surface area contributed by atoms with Gasteiger partial charge < -0.3 is 5.32 Å². The molecule has 0 aromatic rings. The summed E-state index contributed by atoms with van der Waals surface area (Å²) in [5.41, 5.74) is 0. The molecule has 19 heavy (non-hydrogen) atoms. The highest BCUT2D eigenvalue weighted by Crippen LogP contribution is 2.35. The van der Waals surface area contributed by atoms with Crippen LogP contribution in [0.4, 0.5) is 0 Å². The van der Waals surface area contributed by atoms with Crippen LogP contribution in [0.15, 0.2) is 0 Å². The summed E-state index contributed by atoms with van der Waals surface area (Å²) in [6, 6.07) is 0.816. The van der Waals surface area contributed by atoms with Crippen molar-refractivity contribution in [3.63, 3.8) is 0 Å². The van der Waals surface area contributed by atoms with E-state index in [1.807, 2.05) is 0 Å². The molecule has 2 aliphatic rings. The van der Waals surface area contributed by atoms with Gasteiger partial charge in [0.25, 0.3) is 0 Å². The molecule has 0 amide bonds. The maximum Gasteiger partial charge on any atom is 0.00979 e. The Kier molecular flexibility index (Phi) is 6.70. The summed E-state index contributed by atoms with van der Waals surface area (Å²) in [6.07, 6.45) is 16.3. The fraction of sp³-hybridized carbons (Fsp3) is 1.00. The van der Waals surface area contributed by atoms with E-state index in [0.29, 0.717) is 0 Å². The van der Waals surface area contributed by atoms with Crippen LogP contribution in [0.2, 0.25) is 0 Å². The molecular weight excluding hydrogens is 230 g/mol. The van der Waals surface area contributed by atoms with Crippen LogP contribution in [-0.4, -0.2) is 12.6 Å². The van der Waals surface area contributed by atoms with Gasteiger partial charge in [-0.05, 0) is 43.6 Å². The first-order valence-electron chi connectivity index (χ1n) is 9.03. The molecule has 0 saturated heterocycles. The highest BCUT2D eigenvalue weighted by atomic mass is 14.9. The Morgan fingerprint density at radius 2 is 1.68 bits per heavy atom. The normalized spacial score (nSPS) is 31.9. The summed E-state index contributed by atoms with van der Waals surface area (Å²) in [5.74, 6) is 2.95. The van der Waals surface area contributed by atoms with Crippen LogP contribution in [0.25, 0.3) is 0 Å². The molecular formula is C18H35N. The largest absolute Gasteiger partial charge is 0.314 e. The number of hydrogen-bond acceptors (Lipinski definition) is 1. The molecule has 1 heteroatoms. The first-order valence-corrected chi connectivity index (χ1v) is 9.03. The first kappa shape index (κ1) is 15.4. The minimum Gasteiger partial charge on any atom is -0.314 e. The topological polar surface area (TPSA) is 12.0 Å². The van der Waals surface area contributed by atoms with Crippen molar-refractivity contribution in [1.82, 2.24) is 5.32 Å². The SMILES string of the molecule is CCNC(CC1CCCCCC1)C1CCCC(C)C1. The van der Waals surface area contributed by atoms with E-state index >= 15 is 0 Å². The van der Waals surface area contributed by atoms with Gasteiger partial charge in [0.05, 0.1) is 0 Å². The van der Waals surface area contributed by atoms with Crippen LogP contribution in [0.5, 0.6) is 0 Å². The zero-order valence-electron chi connectivity index (χ0n) is 13.3. The van der Waals surface area contributed by atoms with Crippen molar-refractivity contribution in [3.8, 4) is 0 Å². The van der Waals surface area contributed by atoms with E-state index in [-0.39, 0.29) is 0 Å². The summed E-state index contributed by atoms with van der Waals surface area (Å²) in [6.45, 7) is 5.90. The molecule has 1 N–H and O–H groups in total. The van der Waals surface area contributed by atoms with E-state index in [1.54, 1.807) is 0 Å². The second-order valence-corrected chi connectivity index (χ2v) is 7.29. The maximum atomic E-state index is 3.84. The van der Waals surface area contributed by atoms with Gasteiger partial charge >= 0.3 is 0 Å². The van der Waals surface area contributed by atoms with Gasteiger partial charge in [-0.3, -0.25) is 0 Å². The third-order valence-corrected chi connectivity index (χ3v) is 5.57. The standard InChI is InChI=1S/C18H35N/c1-3-19-18(17-12-8-9-15(2)13-17)14-16-10-6-4-5-7-11-16/h15-19H,3-14H2,1-2H3. The molecule has 3 atom stereocenters. The summed E-state index contributed by atoms with van der Waals surface area (Å²) in [4.78, 5) is 0. The Morgan fingerprint density at radius 1 is 0.947 bits per heavy atom. The number of hydrogen-bond donors (Lipinski definition) is 1. The van der Waals surface area contributed by atoms with E-state index < -0.39 is 0 Å². The van der Waals surface area contributed by atoms with Gasteiger partial charge in [-0.2, -0.15) is 0 Å². The van der Waals surface area contributed by atoms with Crippen LogP contribution >= 0.6 is 0 Å². The molecule has 0 heterocycles. The van der Waals surface area contributed by atoms with Crippen molar-refractivity contribution in [1.29, 1.82) is 0 Å². The smallest absolute Gasteiger partial charge is 0.00979 e. The fourth-order valence-electron chi connectivity index (χ4n) is 4.51. The van der Waals surface area contributed by atoms with Crippen LogP contribution in [-0.2, 0) is 0 Å². The van der Waals surface area contributed by atoms with Gasteiger partial charge in [0.1, 0.15) is 0 Å². The quantitative estimate of drug-likeness (QED) is 0.678. The monoisotopic (exact) mass is 265 g/mol. The van der Waals surface area contributed by atoms with E-state index in [9.17, 15) is 0 Å². The van der Waals surface area contributed by atoms with Crippen LogP contribution in [0.3, 0.4) is 0 Å². The predicted octanol–water partition coefficient (Wildman–Crippen LogP) is 5.15. The fourth-order valence-corrected chi connectivity index (χ4v) is 4.51. The molecule has 1 nitrogen and oxygen atoms in total. The second kappa shape index (κ2) is 8.29. The van der Waals surface area contributed by atoms with Gasteiger partial charge in [0.2, 0.25) is 0 Å². The Morgan fingerprint density at radius 3 is 2.32 bits per heavy atom. The predicted molar refractivity (Wildman–Crippen MR) is 84.4 cm³/mol. The summed E-state index contributed by atoms with van der Waals surface area (Å²) in [7, 11) is 0. The van der Waals surface area contributed by atoms with Crippen LogP contribution in [0.1, 0.15) is 84.5 Å². The molecule has 0 bridgehead atoms. The number of rotatable bonds is 5. The molecule has 3 unspecified atom stereocenters. The average molecular weight is 265 g/mol. The van der Waals surface area contributed by atoms with Crippen molar-refractivity contribution < 1.29 is 0 Å². The van der Waals surface area contributed by atoms with E-state index in [0.717, 1.165) is 30.3 Å². The van der Waals surface area contributed by atoms with Gasteiger partial charge in [-0.1, -0.05) is 65.2 Å². The molecule has 2 aliphatic carbocycles. The van der Waals surface area contributed by atoms with Crippen molar-refractivity contribution in [2.75, 3.05) is 6.54 Å². The third kappa shape index (κ3) is 5.10. The molecule has 112 valence electrons. The van der Waals surface area contributed by atoms with Crippen LogP contribution in [0, 0.1) is 17.8 Å².